The number of rotatable bonds is 5. The molecular formula is C22H25N7O2. The average Bonchev–Trinajstić information content (AvgIpc) is 3.38. The van der Waals surface area contributed by atoms with Crippen LogP contribution in [0.4, 0.5) is 0 Å². The lowest BCUT2D eigenvalue weighted by Crippen LogP contribution is -2.30. The van der Waals surface area contributed by atoms with E-state index in [1.165, 1.54) is 0 Å². The van der Waals surface area contributed by atoms with Crippen LogP contribution in [0.15, 0.2) is 54.9 Å². The van der Waals surface area contributed by atoms with Crippen LogP contribution >= 0.6 is 0 Å². The summed E-state index contributed by atoms with van der Waals surface area (Å²) < 4.78 is 3.48. The predicted molar refractivity (Wildman–Crippen MR) is 118 cm³/mol. The molecule has 0 spiro atoms. The summed E-state index contributed by atoms with van der Waals surface area (Å²) in [5.41, 5.74) is 8.11. The number of fused-ring (bicyclic) bond motifs is 1. The number of nitrogens with zero attached hydrogens (tertiary/aromatic N) is 6. The van der Waals surface area contributed by atoms with Gasteiger partial charge in [0.1, 0.15) is 0 Å². The highest BCUT2D eigenvalue weighted by atomic mass is 16.2. The Kier molecular flexibility index (Phi) is 6.76. The van der Waals surface area contributed by atoms with E-state index >= 15 is 0 Å². The molecule has 0 saturated heterocycles. The molecule has 9 heteroatoms. The van der Waals surface area contributed by atoms with Crippen molar-refractivity contribution in [2.75, 3.05) is 13.1 Å². The average molecular weight is 419 g/mol. The topological polar surface area (TPSA) is 111 Å². The van der Waals surface area contributed by atoms with Gasteiger partial charge in [0.05, 0.1) is 17.5 Å². The lowest BCUT2D eigenvalue weighted by Gasteiger charge is -2.18. The summed E-state index contributed by atoms with van der Waals surface area (Å²) >= 11 is 0. The van der Waals surface area contributed by atoms with Gasteiger partial charge in [-0.25, -0.2) is 9.50 Å². The second-order valence-corrected chi connectivity index (χ2v) is 6.66. The summed E-state index contributed by atoms with van der Waals surface area (Å²) in [4.78, 5) is 27.9. The molecule has 0 unspecified atom stereocenters. The number of benzene rings is 1. The zero-order valence-electron chi connectivity index (χ0n) is 17.8. The van der Waals surface area contributed by atoms with Crippen molar-refractivity contribution in [2.45, 2.75) is 13.8 Å². The highest BCUT2D eigenvalue weighted by Crippen LogP contribution is 2.26. The maximum atomic E-state index is 12.9. The van der Waals surface area contributed by atoms with E-state index in [0.717, 1.165) is 22.5 Å². The lowest BCUT2D eigenvalue weighted by molar-refractivity contribution is -0.106. The molecule has 160 valence electrons. The van der Waals surface area contributed by atoms with E-state index in [9.17, 15) is 4.79 Å². The van der Waals surface area contributed by atoms with E-state index in [1.807, 2.05) is 69.6 Å². The van der Waals surface area contributed by atoms with Gasteiger partial charge < -0.3 is 10.6 Å². The molecule has 9 nitrogen and oxygen atoms in total. The van der Waals surface area contributed by atoms with Gasteiger partial charge >= 0.3 is 0 Å². The van der Waals surface area contributed by atoms with Crippen LogP contribution in [0.5, 0.6) is 0 Å². The molecular weight excluding hydrogens is 394 g/mol. The fourth-order valence-corrected chi connectivity index (χ4v) is 3.36. The zero-order chi connectivity index (χ0) is 22.4. The second kappa shape index (κ2) is 9.66. The van der Waals surface area contributed by atoms with Crippen LogP contribution in [0.1, 0.15) is 24.2 Å². The maximum Gasteiger partial charge on any atom is 0.257 e. The van der Waals surface area contributed by atoms with Gasteiger partial charge in [-0.1, -0.05) is 30.3 Å². The first kappa shape index (κ1) is 21.7. The van der Waals surface area contributed by atoms with E-state index in [1.54, 1.807) is 20.3 Å². The number of aromatic nitrogens is 5. The van der Waals surface area contributed by atoms with Gasteiger partial charge in [0.2, 0.25) is 6.41 Å². The Morgan fingerprint density at radius 1 is 1.13 bits per heavy atom. The number of carbonyl (C=O) groups is 2. The van der Waals surface area contributed by atoms with Crippen LogP contribution < -0.4 is 5.73 Å². The molecule has 0 bridgehead atoms. The van der Waals surface area contributed by atoms with Crippen molar-refractivity contribution in [3.8, 4) is 22.6 Å². The Morgan fingerprint density at radius 2 is 1.81 bits per heavy atom. The predicted octanol–water partition coefficient (Wildman–Crippen LogP) is 2.38. The van der Waals surface area contributed by atoms with Crippen molar-refractivity contribution in [2.24, 2.45) is 12.8 Å². The monoisotopic (exact) mass is 419 g/mol. The van der Waals surface area contributed by atoms with Gasteiger partial charge in [-0.3, -0.25) is 14.3 Å². The van der Waals surface area contributed by atoms with Crippen LogP contribution in [0.3, 0.4) is 0 Å². The van der Waals surface area contributed by atoms with Crippen molar-refractivity contribution in [1.29, 1.82) is 0 Å². The number of primary amides is 1. The maximum absolute atomic E-state index is 12.9. The molecule has 3 heterocycles. The van der Waals surface area contributed by atoms with Gasteiger partial charge in [-0.15, -0.1) is 5.10 Å². The molecule has 0 saturated carbocycles. The van der Waals surface area contributed by atoms with E-state index in [2.05, 4.69) is 20.9 Å². The number of hydrogen-bond acceptors (Lipinski definition) is 5. The Balaban J connectivity index is 0.000000858. The molecule has 4 rings (SSSR count). The third kappa shape index (κ3) is 4.45. The first-order valence-corrected chi connectivity index (χ1v) is 9.92. The second-order valence-electron chi connectivity index (χ2n) is 6.66. The third-order valence-corrected chi connectivity index (χ3v) is 4.86. The molecule has 0 aliphatic rings. The van der Waals surface area contributed by atoms with Gasteiger partial charge in [0.25, 0.3) is 5.91 Å². The third-order valence-electron chi connectivity index (χ3n) is 4.86. The fourth-order valence-electron chi connectivity index (χ4n) is 3.36. The van der Waals surface area contributed by atoms with Crippen molar-refractivity contribution in [3.63, 3.8) is 0 Å². The summed E-state index contributed by atoms with van der Waals surface area (Å²) in [5, 5.41) is 8.87. The van der Waals surface area contributed by atoms with Crippen LogP contribution in [-0.4, -0.2) is 54.7 Å². The number of carbonyl (C=O) groups excluding carboxylic acids is 2. The molecule has 1 aromatic carbocycles. The van der Waals surface area contributed by atoms with Crippen molar-refractivity contribution in [1.82, 2.24) is 29.3 Å². The van der Waals surface area contributed by atoms with Crippen LogP contribution in [-0.2, 0) is 11.8 Å². The number of pyridine rings is 1. The summed E-state index contributed by atoms with van der Waals surface area (Å²) in [6.45, 7) is 5.27. The summed E-state index contributed by atoms with van der Waals surface area (Å²) in [6, 6.07) is 13.7. The smallest absolute Gasteiger partial charge is 0.257 e. The van der Waals surface area contributed by atoms with Crippen LogP contribution in [0, 0.1) is 0 Å². The molecule has 0 radical (unpaired) electrons. The van der Waals surface area contributed by atoms with Crippen molar-refractivity contribution in [3.05, 3.63) is 60.4 Å². The molecule has 31 heavy (non-hydrogen) atoms. The van der Waals surface area contributed by atoms with E-state index < -0.39 is 0 Å². The van der Waals surface area contributed by atoms with Crippen molar-refractivity contribution >= 4 is 18.0 Å². The van der Waals surface area contributed by atoms with Gasteiger partial charge in [-0.2, -0.15) is 5.10 Å². The normalized spacial score (nSPS) is 10.4. The van der Waals surface area contributed by atoms with Gasteiger partial charge in [-0.05, 0) is 26.0 Å². The minimum absolute atomic E-state index is 0.0144. The molecule has 2 N–H and O–H groups in total. The number of hydrogen-bond donors (Lipinski definition) is 1. The van der Waals surface area contributed by atoms with E-state index in [0.29, 0.717) is 24.5 Å². The largest absolute Gasteiger partial charge is 0.372 e. The van der Waals surface area contributed by atoms with Gasteiger partial charge in [0, 0.05) is 37.5 Å². The summed E-state index contributed by atoms with van der Waals surface area (Å²) in [5.74, 6) is 0.654. The molecule has 0 fully saturated rings. The zero-order valence-corrected chi connectivity index (χ0v) is 17.8. The molecule has 0 atom stereocenters. The fraction of sp³-hybridized carbons (Fsp3) is 0.227. The van der Waals surface area contributed by atoms with Crippen molar-refractivity contribution < 1.29 is 9.59 Å². The molecule has 3 aromatic heterocycles. The molecule has 4 aromatic rings. The van der Waals surface area contributed by atoms with E-state index in [4.69, 9.17) is 4.79 Å². The van der Waals surface area contributed by atoms with E-state index in [-0.39, 0.29) is 12.3 Å². The SMILES string of the molecule is CCN(CC)C(=O)c1cnn(C)c1-c1ccn2nc(-c3ccccc3)nc2c1.NC=O. The highest BCUT2D eigenvalue weighted by Gasteiger charge is 2.21. The Hall–Kier alpha value is -4.01. The molecule has 2 amide bonds. The Labute approximate surface area is 180 Å². The lowest BCUT2D eigenvalue weighted by atomic mass is 10.1. The van der Waals surface area contributed by atoms with Gasteiger partial charge in [0.15, 0.2) is 11.5 Å². The molecule has 0 aliphatic heterocycles. The standard InChI is InChI=1S/C21H22N6O.CH3NO/c1-4-26(5-2)21(28)17-14-22-25(3)19(17)16-11-12-27-18(13-16)23-20(24-27)15-9-7-6-8-10-15;2-1-3/h6-14H,4-5H2,1-3H3;1H,(H2,2,3). The minimum atomic E-state index is -0.0144. The quantitative estimate of drug-likeness (QED) is 0.499. The number of aryl methyl sites for hydroxylation is 1. The molecule has 0 aliphatic carbocycles. The summed E-state index contributed by atoms with van der Waals surface area (Å²) in [6.07, 6.45) is 3.75. The Bertz CT molecular complexity index is 1180. The Morgan fingerprint density at radius 3 is 2.45 bits per heavy atom. The number of nitrogens with two attached hydrogens (primary N) is 1. The first-order valence-electron chi connectivity index (χ1n) is 9.92. The first-order chi connectivity index (χ1) is 15.0. The highest BCUT2D eigenvalue weighted by molar-refractivity contribution is 6.00. The van der Waals surface area contributed by atoms with Crippen LogP contribution in [0.2, 0.25) is 0 Å². The van der Waals surface area contributed by atoms with Crippen LogP contribution in [0.25, 0.3) is 28.3 Å². The minimum Gasteiger partial charge on any atom is -0.372 e. The summed E-state index contributed by atoms with van der Waals surface area (Å²) in [7, 11) is 1.84. The number of amides is 2.